The zero-order valence-corrected chi connectivity index (χ0v) is 10.8. The van der Waals surface area contributed by atoms with Crippen molar-refractivity contribution in [2.24, 2.45) is 0 Å². The van der Waals surface area contributed by atoms with Gasteiger partial charge in [-0.2, -0.15) is 0 Å². The predicted octanol–water partition coefficient (Wildman–Crippen LogP) is 3.15. The third kappa shape index (κ3) is 2.33. The third-order valence-corrected chi connectivity index (χ3v) is 2.86. The van der Waals surface area contributed by atoms with Crippen molar-refractivity contribution in [3.63, 3.8) is 0 Å². The molecule has 0 aliphatic heterocycles. The highest BCUT2D eigenvalue weighted by atomic mass is 16.7. The topological polar surface area (TPSA) is 52.8 Å². The van der Waals surface area contributed by atoms with E-state index in [9.17, 15) is 4.79 Å². The van der Waals surface area contributed by atoms with Gasteiger partial charge in [-0.1, -0.05) is 30.3 Å². The van der Waals surface area contributed by atoms with Gasteiger partial charge in [-0.05, 0) is 12.1 Å². The molecule has 0 amide bonds. The standard InChI is InChI=1S/C15H12N2O3/c1-19-15(18)20-12-7-8-14-16-13(10-17(14)9-12)11-5-3-2-4-6-11/h2-10H,1H3. The molecule has 0 radical (unpaired) electrons. The van der Waals surface area contributed by atoms with Crippen LogP contribution in [0.25, 0.3) is 16.9 Å². The molecule has 3 aromatic rings. The fourth-order valence-corrected chi connectivity index (χ4v) is 1.92. The van der Waals surface area contributed by atoms with Crippen molar-refractivity contribution >= 4 is 11.8 Å². The monoisotopic (exact) mass is 268 g/mol. The van der Waals surface area contributed by atoms with Crippen LogP contribution < -0.4 is 4.74 Å². The molecule has 0 saturated carbocycles. The molecule has 1 aromatic carbocycles. The highest BCUT2D eigenvalue weighted by Crippen LogP contribution is 2.21. The summed E-state index contributed by atoms with van der Waals surface area (Å²) in [4.78, 5) is 15.6. The number of carbonyl (C=O) groups is 1. The number of nitrogens with zero attached hydrogens (tertiary/aromatic N) is 2. The normalized spacial score (nSPS) is 10.4. The van der Waals surface area contributed by atoms with Crippen molar-refractivity contribution < 1.29 is 14.3 Å². The van der Waals surface area contributed by atoms with Crippen molar-refractivity contribution in [2.75, 3.05) is 7.11 Å². The lowest BCUT2D eigenvalue weighted by atomic mass is 10.2. The van der Waals surface area contributed by atoms with Gasteiger partial charge >= 0.3 is 6.16 Å². The Bertz CT molecular complexity index is 750. The first-order chi connectivity index (χ1) is 9.76. The van der Waals surface area contributed by atoms with Gasteiger partial charge in [-0.15, -0.1) is 0 Å². The van der Waals surface area contributed by atoms with E-state index in [1.54, 1.807) is 22.7 Å². The minimum atomic E-state index is -0.743. The summed E-state index contributed by atoms with van der Waals surface area (Å²) in [5.41, 5.74) is 2.67. The van der Waals surface area contributed by atoms with E-state index < -0.39 is 6.16 Å². The number of carbonyl (C=O) groups excluding carboxylic acids is 1. The maximum absolute atomic E-state index is 11.1. The van der Waals surface area contributed by atoms with Gasteiger partial charge in [0, 0.05) is 11.8 Å². The van der Waals surface area contributed by atoms with Gasteiger partial charge in [-0.3, -0.25) is 0 Å². The van der Waals surface area contributed by atoms with Gasteiger partial charge in [-0.25, -0.2) is 9.78 Å². The van der Waals surface area contributed by atoms with E-state index in [1.807, 2.05) is 36.5 Å². The lowest BCUT2D eigenvalue weighted by Crippen LogP contribution is -2.07. The maximum atomic E-state index is 11.1. The minimum absolute atomic E-state index is 0.404. The summed E-state index contributed by atoms with van der Waals surface area (Å²) >= 11 is 0. The summed E-state index contributed by atoms with van der Waals surface area (Å²) in [5.74, 6) is 0.404. The SMILES string of the molecule is COC(=O)Oc1ccc2nc(-c3ccccc3)cn2c1. The van der Waals surface area contributed by atoms with E-state index in [-0.39, 0.29) is 0 Å². The molecule has 2 aromatic heterocycles. The van der Waals surface area contributed by atoms with E-state index in [0.29, 0.717) is 5.75 Å². The third-order valence-electron chi connectivity index (χ3n) is 2.86. The van der Waals surface area contributed by atoms with Crippen LogP contribution in [-0.4, -0.2) is 22.6 Å². The first kappa shape index (κ1) is 12.2. The lowest BCUT2D eigenvalue weighted by molar-refractivity contribution is 0.121. The summed E-state index contributed by atoms with van der Waals surface area (Å²) in [6.07, 6.45) is 2.83. The highest BCUT2D eigenvalue weighted by Gasteiger charge is 2.07. The first-order valence-corrected chi connectivity index (χ1v) is 6.06. The molecule has 0 atom stereocenters. The summed E-state index contributed by atoms with van der Waals surface area (Å²) in [5, 5.41) is 0. The quantitative estimate of drug-likeness (QED) is 0.670. The van der Waals surface area contributed by atoms with Crippen LogP contribution in [-0.2, 0) is 4.74 Å². The predicted molar refractivity (Wildman–Crippen MR) is 73.7 cm³/mol. The summed E-state index contributed by atoms with van der Waals surface area (Å²) < 4.78 is 11.2. The van der Waals surface area contributed by atoms with E-state index >= 15 is 0 Å². The van der Waals surface area contributed by atoms with Crippen molar-refractivity contribution in [2.45, 2.75) is 0 Å². The maximum Gasteiger partial charge on any atom is 0.513 e. The number of hydrogen-bond donors (Lipinski definition) is 0. The molecule has 0 fully saturated rings. The van der Waals surface area contributed by atoms with Gasteiger partial charge in [0.05, 0.1) is 19.0 Å². The molecule has 5 heteroatoms. The molecule has 0 spiro atoms. The molecule has 0 saturated heterocycles. The molecule has 0 bridgehead atoms. The minimum Gasteiger partial charge on any atom is -0.437 e. The molecule has 0 unspecified atom stereocenters. The Labute approximate surface area is 115 Å². The van der Waals surface area contributed by atoms with E-state index in [1.165, 1.54) is 7.11 Å². The van der Waals surface area contributed by atoms with Crippen LogP contribution in [0.4, 0.5) is 4.79 Å². The van der Waals surface area contributed by atoms with Crippen molar-refractivity contribution in [1.82, 2.24) is 9.38 Å². The Morgan fingerprint density at radius 1 is 1.10 bits per heavy atom. The Kier molecular flexibility index (Phi) is 3.09. The molecular formula is C15H12N2O3. The average Bonchev–Trinajstić information content (AvgIpc) is 2.91. The average molecular weight is 268 g/mol. The number of benzene rings is 1. The lowest BCUT2D eigenvalue weighted by Gasteiger charge is -2.02. The van der Waals surface area contributed by atoms with Gasteiger partial charge in [0.1, 0.15) is 5.65 Å². The Balaban J connectivity index is 1.97. The highest BCUT2D eigenvalue weighted by molar-refractivity contribution is 5.65. The van der Waals surface area contributed by atoms with Crippen LogP contribution in [0.2, 0.25) is 0 Å². The zero-order valence-electron chi connectivity index (χ0n) is 10.8. The van der Waals surface area contributed by atoms with Gasteiger partial charge in [0.15, 0.2) is 5.75 Å². The van der Waals surface area contributed by atoms with Crippen LogP contribution >= 0.6 is 0 Å². The number of fused-ring (bicyclic) bond motifs is 1. The molecular weight excluding hydrogens is 256 g/mol. The fourth-order valence-electron chi connectivity index (χ4n) is 1.92. The number of rotatable bonds is 2. The van der Waals surface area contributed by atoms with Crippen molar-refractivity contribution in [3.8, 4) is 17.0 Å². The smallest absolute Gasteiger partial charge is 0.437 e. The Morgan fingerprint density at radius 2 is 1.90 bits per heavy atom. The largest absolute Gasteiger partial charge is 0.513 e. The summed E-state index contributed by atoms with van der Waals surface area (Å²) in [7, 11) is 1.27. The van der Waals surface area contributed by atoms with E-state index in [0.717, 1.165) is 16.9 Å². The van der Waals surface area contributed by atoms with Crippen LogP contribution in [0.3, 0.4) is 0 Å². The number of hydrogen-bond acceptors (Lipinski definition) is 4. The molecule has 2 heterocycles. The Hall–Kier alpha value is -2.82. The van der Waals surface area contributed by atoms with Gasteiger partial charge in [0.25, 0.3) is 0 Å². The number of ether oxygens (including phenoxy) is 2. The first-order valence-electron chi connectivity index (χ1n) is 6.06. The second kappa shape index (κ2) is 5.05. The molecule has 20 heavy (non-hydrogen) atoms. The summed E-state index contributed by atoms with van der Waals surface area (Å²) in [6, 6.07) is 13.3. The van der Waals surface area contributed by atoms with E-state index in [2.05, 4.69) is 9.72 Å². The molecule has 0 aliphatic carbocycles. The van der Waals surface area contributed by atoms with Crippen molar-refractivity contribution in [3.05, 3.63) is 54.9 Å². The van der Waals surface area contributed by atoms with Gasteiger partial charge in [0.2, 0.25) is 0 Å². The van der Waals surface area contributed by atoms with E-state index in [4.69, 9.17) is 4.74 Å². The van der Waals surface area contributed by atoms with Crippen LogP contribution in [0.15, 0.2) is 54.9 Å². The molecule has 3 rings (SSSR count). The number of pyridine rings is 1. The molecule has 0 aliphatic rings. The Morgan fingerprint density at radius 3 is 2.65 bits per heavy atom. The van der Waals surface area contributed by atoms with Crippen LogP contribution in [0, 0.1) is 0 Å². The van der Waals surface area contributed by atoms with Crippen LogP contribution in [0.5, 0.6) is 5.75 Å². The van der Waals surface area contributed by atoms with Crippen LogP contribution in [0.1, 0.15) is 0 Å². The molecule has 0 N–H and O–H groups in total. The second-order valence-corrected chi connectivity index (χ2v) is 4.18. The fraction of sp³-hybridized carbons (Fsp3) is 0.0667. The molecule has 100 valence electrons. The molecule has 5 nitrogen and oxygen atoms in total. The second-order valence-electron chi connectivity index (χ2n) is 4.18. The van der Waals surface area contributed by atoms with Gasteiger partial charge < -0.3 is 13.9 Å². The number of aromatic nitrogens is 2. The van der Waals surface area contributed by atoms with Crippen molar-refractivity contribution in [1.29, 1.82) is 0 Å². The zero-order chi connectivity index (χ0) is 13.9. The summed E-state index contributed by atoms with van der Waals surface area (Å²) in [6.45, 7) is 0. The number of imidazole rings is 1. The number of methoxy groups -OCH3 is 1.